The molecule has 8 nitrogen and oxygen atoms in total. The lowest BCUT2D eigenvalue weighted by atomic mass is 10.0. The fourth-order valence-corrected chi connectivity index (χ4v) is 3.74. The first-order chi connectivity index (χ1) is 13.3. The van der Waals surface area contributed by atoms with E-state index in [0.29, 0.717) is 25.9 Å². The summed E-state index contributed by atoms with van der Waals surface area (Å²) in [6.07, 6.45) is 4.49. The summed E-state index contributed by atoms with van der Waals surface area (Å²) in [5.41, 5.74) is 1.74. The first kappa shape index (κ1) is 20.0. The quantitative estimate of drug-likeness (QED) is 0.744. The van der Waals surface area contributed by atoms with E-state index in [-0.39, 0.29) is 25.3 Å². The highest BCUT2D eigenvalue weighted by molar-refractivity contribution is 5.91. The summed E-state index contributed by atoms with van der Waals surface area (Å²) in [5, 5.41) is 20.7. The van der Waals surface area contributed by atoms with Crippen molar-refractivity contribution in [2.24, 2.45) is 0 Å². The highest BCUT2D eigenvalue weighted by Crippen LogP contribution is 2.32. The van der Waals surface area contributed by atoms with Crippen molar-refractivity contribution in [1.82, 2.24) is 14.9 Å². The molecule has 0 unspecified atom stereocenters. The second-order valence-corrected chi connectivity index (χ2v) is 7.57. The number of aliphatic hydroxyl groups is 1. The Labute approximate surface area is 163 Å². The van der Waals surface area contributed by atoms with Crippen LogP contribution in [-0.4, -0.2) is 69.2 Å². The topological polar surface area (TPSA) is 107 Å². The molecule has 2 aromatic rings. The number of aliphatic carboxylic acids is 1. The van der Waals surface area contributed by atoms with Crippen molar-refractivity contribution in [2.45, 2.75) is 38.2 Å². The van der Waals surface area contributed by atoms with Crippen molar-refractivity contribution in [3.05, 3.63) is 30.2 Å². The Morgan fingerprint density at radius 2 is 2.14 bits per heavy atom. The summed E-state index contributed by atoms with van der Waals surface area (Å²) in [5.74, 6) is -1.06. The summed E-state index contributed by atoms with van der Waals surface area (Å²) < 4.78 is 0. The number of carboxylic acid groups (broad SMARTS) is 1. The molecule has 2 aromatic heterocycles. The molecule has 1 aliphatic rings. The molecule has 1 fully saturated rings. The van der Waals surface area contributed by atoms with Gasteiger partial charge in [-0.3, -0.25) is 19.6 Å². The third-order valence-corrected chi connectivity index (χ3v) is 5.13. The van der Waals surface area contributed by atoms with Crippen LogP contribution < -0.4 is 4.90 Å². The standard InChI is InChI=1S/C20H26N4O4/c1-14-10-17(15-11-21-8-6-16(15)22-14)24-9-7-20(28,13-24)12-23(2)18(25)4-3-5-19(26)27/h6,8,10-11,28H,3-5,7,9,12-13H2,1-2H3,(H,26,27)/t20-/m1/s1. The van der Waals surface area contributed by atoms with Gasteiger partial charge in [-0.05, 0) is 31.9 Å². The van der Waals surface area contributed by atoms with E-state index in [1.807, 2.05) is 19.1 Å². The lowest BCUT2D eigenvalue weighted by molar-refractivity contribution is -0.137. The van der Waals surface area contributed by atoms with Crippen LogP contribution >= 0.6 is 0 Å². The number of rotatable bonds is 7. The van der Waals surface area contributed by atoms with Crippen LogP contribution in [0.4, 0.5) is 5.69 Å². The van der Waals surface area contributed by atoms with Crippen LogP contribution in [0.3, 0.4) is 0 Å². The van der Waals surface area contributed by atoms with Gasteiger partial charge in [-0.25, -0.2) is 0 Å². The first-order valence-electron chi connectivity index (χ1n) is 9.42. The number of aromatic nitrogens is 2. The lowest BCUT2D eigenvalue weighted by Gasteiger charge is -2.29. The number of carbonyl (C=O) groups is 2. The van der Waals surface area contributed by atoms with Gasteiger partial charge < -0.3 is 20.0 Å². The second-order valence-electron chi connectivity index (χ2n) is 7.57. The van der Waals surface area contributed by atoms with Gasteiger partial charge in [0.25, 0.3) is 0 Å². The number of amides is 1. The van der Waals surface area contributed by atoms with E-state index in [2.05, 4.69) is 14.9 Å². The van der Waals surface area contributed by atoms with E-state index in [4.69, 9.17) is 5.11 Å². The molecular weight excluding hydrogens is 360 g/mol. The molecular formula is C20H26N4O4. The Bertz CT molecular complexity index is 888. The Kier molecular flexibility index (Phi) is 5.79. The molecule has 0 bridgehead atoms. The zero-order valence-corrected chi connectivity index (χ0v) is 16.3. The van der Waals surface area contributed by atoms with Crippen LogP contribution in [0.25, 0.3) is 10.9 Å². The molecule has 1 aliphatic heterocycles. The van der Waals surface area contributed by atoms with Gasteiger partial charge in [-0.2, -0.15) is 0 Å². The van der Waals surface area contributed by atoms with E-state index in [9.17, 15) is 14.7 Å². The fraction of sp³-hybridized carbons (Fsp3) is 0.500. The number of carbonyl (C=O) groups excluding carboxylic acids is 1. The maximum absolute atomic E-state index is 12.2. The minimum Gasteiger partial charge on any atom is -0.481 e. The van der Waals surface area contributed by atoms with Crippen LogP contribution in [0.2, 0.25) is 0 Å². The molecule has 150 valence electrons. The molecule has 3 heterocycles. The Hall–Kier alpha value is -2.74. The Morgan fingerprint density at radius 1 is 1.36 bits per heavy atom. The van der Waals surface area contributed by atoms with Gasteiger partial charge >= 0.3 is 5.97 Å². The zero-order chi connectivity index (χ0) is 20.3. The van der Waals surface area contributed by atoms with Crippen LogP contribution in [0.1, 0.15) is 31.4 Å². The van der Waals surface area contributed by atoms with Crippen molar-refractivity contribution in [3.63, 3.8) is 0 Å². The predicted octanol–water partition coefficient (Wildman–Crippen LogP) is 1.59. The summed E-state index contributed by atoms with van der Waals surface area (Å²) >= 11 is 0. The predicted molar refractivity (Wildman–Crippen MR) is 105 cm³/mol. The minimum atomic E-state index is -1.01. The van der Waals surface area contributed by atoms with E-state index >= 15 is 0 Å². The molecule has 8 heteroatoms. The van der Waals surface area contributed by atoms with Crippen molar-refractivity contribution in [1.29, 1.82) is 0 Å². The maximum atomic E-state index is 12.2. The molecule has 0 spiro atoms. The Morgan fingerprint density at radius 3 is 2.89 bits per heavy atom. The summed E-state index contributed by atoms with van der Waals surface area (Å²) in [6, 6.07) is 3.87. The number of hydrogen-bond acceptors (Lipinski definition) is 6. The highest BCUT2D eigenvalue weighted by atomic mass is 16.4. The molecule has 1 amide bonds. The van der Waals surface area contributed by atoms with Crippen molar-refractivity contribution in [2.75, 3.05) is 31.6 Å². The number of nitrogens with zero attached hydrogens (tertiary/aromatic N) is 4. The number of hydrogen-bond donors (Lipinski definition) is 2. The molecule has 0 aliphatic carbocycles. The van der Waals surface area contributed by atoms with Gasteiger partial charge in [0.15, 0.2) is 0 Å². The second kappa shape index (κ2) is 8.10. The average Bonchev–Trinajstić information content (AvgIpc) is 3.02. The normalized spacial score (nSPS) is 19.2. The number of fused-ring (bicyclic) bond motifs is 1. The minimum absolute atomic E-state index is 0.0276. The van der Waals surface area contributed by atoms with Gasteiger partial charge in [-0.15, -0.1) is 0 Å². The van der Waals surface area contributed by atoms with Gasteiger partial charge in [0, 0.05) is 62.1 Å². The summed E-state index contributed by atoms with van der Waals surface area (Å²) in [6.45, 7) is 3.24. The van der Waals surface area contributed by atoms with E-state index in [1.165, 1.54) is 4.90 Å². The average molecular weight is 386 g/mol. The summed E-state index contributed by atoms with van der Waals surface area (Å²) in [7, 11) is 1.65. The number of pyridine rings is 2. The van der Waals surface area contributed by atoms with Crippen molar-refractivity contribution in [3.8, 4) is 0 Å². The van der Waals surface area contributed by atoms with E-state index in [1.54, 1.807) is 19.4 Å². The third kappa shape index (κ3) is 4.56. The molecule has 28 heavy (non-hydrogen) atoms. The maximum Gasteiger partial charge on any atom is 0.303 e. The van der Waals surface area contributed by atoms with E-state index in [0.717, 1.165) is 22.3 Å². The first-order valence-corrected chi connectivity index (χ1v) is 9.42. The molecule has 3 rings (SSSR count). The van der Waals surface area contributed by atoms with Gasteiger partial charge in [0.1, 0.15) is 5.60 Å². The molecule has 1 saturated heterocycles. The molecule has 0 aromatic carbocycles. The van der Waals surface area contributed by atoms with Crippen molar-refractivity contribution < 1.29 is 19.8 Å². The number of β-amino-alcohol motifs (C(OH)–C–C–N with tert-alkyl or cyclic N) is 1. The molecule has 1 atom stereocenters. The van der Waals surface area contributed by atoms with Crippen LogP contribution in [0, 0.1) is 6.92 Å². The molecule has 0 saturated carbocycles. The number of aryl methyl sites for hydroxylation is 1. The highest BCUT2D eigenvalue weighted by Gasteiger charge is 2.38. The van der Waals surface area contributed by atoms with E-state index < -0.39 is 11.6 Å². The number of anilines is 1. The Balaban J connectivity index is 1.67. The van der Waals surface area contributed by atoms with Gasteiger partial charge in [0.05, 0.1) is 12.1 Å². The smallest absolute Gasteiger partial charge is 0.303 e. The number of likely N-dealkylation sites (N-methyl/N-ethyl adjacent to an activating group) is 1. The van der Waals surface area contributed by atoms with Gasteiger partial charge in [0.2, 0.25) is 5.91 Å². The number of carboxylic acids is 1. The van der Waals surface area contributed by atoms with Crippen molar-refractivity contribution >= 4 is 28.5 Å². The van der Waals surface area contributed by atoms with Crippen LogP contribution in [-0.2, 0) is 9.59 Å². The zero-order valence-electron chi connectivity index (χ0n) is 16.3. The fourth-order valence-electron chi connectivity index (χ4n) is 3.74. The summed E-state index contributed by atoms with van der Waals surface area (Å²) in [4.78, 5) is 35.2. The van der Waals surface area contributed by atoms with Crippen LogP contribution in [0.5, 0.6) is 0 Å². The molecule has 2 N–H and O–H groups in total. The molecule has 0 radical (unpaired) electrons. The lowest BCUT2D eigenvalue weighted by Crippen LogP contribution is -2.45. The largest absolute Gasteiger partial charge is 0.481 e. The van der Waals surface area contributed by atoms with Gasteiger partial charge in [-0.1, -0.05) is 0 Å². The SMILES string of the molecule is Cc1cc(N2CC[C@@](O)(CN(C)C(=O)CCCC(=O)O)C2)c2cnccc2n1. The van der Waals surface area contributed by atoms with Crippen LogP contribution in [0.15, 0.2) is 24.5 Å². The third-order valence-electron chi connectivity index (χ3n) is 5.13. The monoisotopic (exact) mass is 386 g/mol.